The minimum Gasteiger partial charge on any atom is -0.452 e. The molecule has 126 valence electrons. The Morgan fingerprint density at radius 1 is 1.17 bits per heavy atom. The topological polar surface area (TPSA) is 80.7 Å². The second kappa shape index (κ2) is 7.12. The number of esters is 1. The molecule has 0 aliphatic carbocycles. The molecule has 0 radical (unpaired) electrons. The van der Waals surface area contributed by atoms with Gasteiger partial charge in [0.05, 0.1) is 10.5 Å². The van der Waals surface area contributed by atoms with Gasteiger partial charge in [0, 0.05) is 19.3 Å². The molecule has 2 rings (SSSR count). The Labute approximate surface area is 136 Å². The number of nitrogens with zero attached hydrogens (tertiary/aromatic N) is 1. The molecule has 7 heteroatoms. The van der Waals surface area contributed by atoms with Crippen molar-refractivity contribution in [1.82, 2.24) is 4.90 Å². The number of likely N-dealkylation sites (tertiary alicyclic amines) is 1. The SMILES string of the molecule is Cc1ccc(S(C)(=O)=O)cc1C(=O)OCC(=O)N1CCCCC1. The minimum absolute atomic E-state index is 0.0532. The number of aryl methyl sites for hydroxylation is 1. The van der Waals surface area contributed by atoms with Gasteiger partial charge >= 0.3 is 5.97 Å². The van der Waals surface area contributed by atoms with E-state index in [0.29, 0.717) is 18.7 Å². The highest BCUT2D eigenvalue weighted by molar-refractivity contribution is 7.90. The van der Waals surface area contributed by atoms with Crippen molar-refractivity contribution in [3.63, 3.8) is 0 Å². The van der Waals surface area contributed by atoms with Crippen LogP contribution in [0, 0.1) is 6.92 Å². The van der Waals surface area contributed by atoms with Crippen LogP contribution in [-0.2, 0) is 19.4 Å². The van der Waals surface area contributed by atoms with Gasteiger partial charge in [-0.3, -0.25) is 4.79 Å². The van der Waals surface area contributed by atoms with E-state index in [9.17, 15) is 18.0 Å². The molecule has 1 aliphatic heterocycles. The second-order valence-electron chi connectivity index (χ2n) is 5.77. The molecule has 23 heavy (non-hydrogen) atoms. The summed E-state index contributed by atoms with van der Waals surface area (Å²) in [6.45, 7) is 2.76. The summed E-state index contributed by atoms with van der Waals surface area (Å²) in [6, 6.07) is 4.29. The van der Waals surface area contributed by atoms with Crippen molar-refractivity contribution in [1.29, 1.82) is 0 Å². The molecule has 1 aromatic rings. The van der Waals surface area contributed by atoms with Crippen LogP contribution >= 0.6 is 0 Å². The van der Waals surface area contributed by atoms with Crippen LogP contribution in [-0.4, -0.2) is 51.1 Å². The Morgan fingerprint density at radius 3 is 2.43 bits per heavy atom. The van der Waals surface area contributed by atoms with E-state index in [2.05, 4.69) is 0 Å². The molecule has 1 heterocycles. The first-order valence-corrected chi connectivity index (χ1v) is 9.44. The number of piperidine rings is 1. The molecular weight excluding hydrogens is 318 g/mol. The molecule has 0 saturated carbocycles. The highest BCUT2D eigenvalue weighted by Crippen LogP contribution is 2.17. The molecule has 0 N–H and O–H groups in total. The van der Waals surface area contributed by atoms with Crippen LogP contribution in [0.5, 0.6) is 0 Å². The highest BCUT2D eigenvalue weighted by atomic mass is 32.2. The maximum absolute atomic E-state index is 12.1. The van der Waals surface area contributed by atoms with Crippen LogP contribution in [0.4, 0.5) is 0 Å². The smallest absolute Gasteiger partial charge is 0.338 e. The van der Waals surface area contributed by atoms with Crippen molar-refractivity contribution in [3.8, 4) is 0 Å². The Bertz CT molecular complexity index is 705. The number of carbonyl (C=O) groups is 2. The maximum atomic E-state index is 12.1. The summed E-state index contributed by atoms with van der Waals surface area (Å²) >= 11 is 0. The monoisotopic (exact) mass is 339 g/mol. The fraction of sp³-hybridized carbons (Fsp3) is 0.500. The molecule has 1 amide bonds. The number of ether oxygens (including phenoxy) is 1. The van der Waals surface area contributed by atoms with E-state index >= 15 is 0 Å². The van der Waals surface area contributed by atoms with Crippen LogP contribution in [0.1, 0.15) is 35.2 Å². The summed E-state index contributed by atoms with van der Waals surface area (Å²) < 4.78 is 28.2. The summed E-state index contributed by atoms with van der Waals surface area (Å²) in [5.74, 6) is -0.895. The van der Waals surface area contributed by atoms with Crippen LogP contribution < -0.4 is 0 Å². The van der Waals surface area contributed by atoms with Crippen molar-refractivity contribution >= 4 is 21.7 Å². The Morgan fingerprint density at radius 2 is 1.83 bits per heavy atom. The molecule has 1 saturated heterocycles. The fourth-order valence-corrected chi connectivity index (χ4v) is 3.14. The summed E-state index contributed by atoms with van der Waals surface area (Å²) in [4.78, 5) is 25.9. The maximum Gasteiger partial charge on any atom is 0.338 e. The van der Waals surface area contributed by atoms with Gasteiger partial charge in [-0.15, -0.1) is 0 Å². The number of amides is 1. The number of sulfone groups is 1. The average molecular weight is 339 g/mol. The minimum atomic E-state index is -3.41. The van der Waals surface area contributed by atoms with E-state index in [1.807, 2.05) is 0 Å². The number of hydrogen-bond acceptors (Lipinski definition) is 5. The molecule has 1 fully saturated rings. The molecule has 1 aliphatic rings. The summed E-state index contributed by atoms with van der Waals surface area (Å²) in [6.07, 6.45) is 4.12. The zero-order chi connectivity index (χ0) is 17.0. The first-order chi connectivity index (χ1) is 10.8. The van der Waals surface area contributed by atoms with E-state index in [-0.39, 0.29) is 23.0 Å². The third-order valence-electron chi connectivity index (χ3n) is 3.89. The second-order valence-corrected chi connectivity index (χ2v) is 7.78. The predicted octanol–water partition coefficient (Wildman–Crippen LogP) is 1.57. The standard InChI is InChI=1S/C16H21NO5S/c1-12-6-7-13(23(2,20)21)10-14(12)16(19)22-11-15(18)17-8-4-3-5-9-17/h6-7,10H,3-5,8-9,11H2,1-2H3. The third kappa shape index (κ3) is 4.54. The van der Waals surface area contributed by atoms with Gasteiger partial charge in [0.15, 0.2) is 16.4 Å². The number of carbonyl (C=O) groups excluding carboxylic acids is 2. The van der Waals surface area contributed by atoms with Gasteiger partial charge in [-0.2, -0.15) is 0 Å². The van der Waals surface area contributed by atoms with Gasteiger partial charge < -0.3 is 9.64 Å². The number of benzene rings is 1. The van der Waals surface area contributed by atoms with Gasteiger partial charge in [0.2, 0.25) is 0 Å². The molecule has 0 aromatic heterocycles. The first-order valence-electron chi connectivity index (χ1n) is 7.54. The van der Waals surface area contributed by atoms with E-state index in [1.165, 1.54) is 12.1 Å². The largest absolute Gasteiger partial charge is 0.452 e. The third-order valence-corrected chi connectivity index (χ3v) is 5.00. The molecule has 1 aromatic carbocycles. The quantitative estimate of drug-likeness (QED) is 0.778. The number of rotatable bonds is 4. The van der Waals surface area contributed by atoms with Crippen LogP contribution in [0.2, 0.25) is 0 Å². The Hall–Kier alpha value is -1.89. The zero-order valence-corrected chi connectivity index (χ0v) is 14.2. The molecule has 0 atom stereocenters. The fourth-order valence-electron chi connectivity index (χ4n) is 2.49. The van der Waals surface area contributed by atoms with Crippen molar-refractivity contribution in [3.05, 3.63) is 29.3 Å². The normalized spacial score (nSPS) is 15.3. The zero-order valence-electron chi connectivity index (χ0n) is 13.4. The van der Waals surface area contributed by atoms with Gasteiger partial charge in [-0.1, -0.05) is 6.07 Å². The average Bonchev–Trinajstić information content (AvgIpc) is 2.52. The van der Waals surface area contributed by atoms with Crippen molar-refractivity contribution < 1.29 is 22.7 Å². The van der Waals surface area contributed by atoms with E-state index in [4.69, 9.17) is 4.74 Å². The van der Waals surface area contributed by atoms with Crippen LogP contribution in [0.15, 0.2) is 23.1 Å². The number of hydrogen-bond donors (Lipinski definition) is 0. The van der Waals surface area contributed by atoms with Gasteiger partial charge in [0.1, 0.15) is 0 Å². The lowest BCUT2D eigenvalue weighted by Gasteiger charge is -2.26. The molecule has 0 unspecified atom stereocenters. The molecule has 6 nitrogen and oxygen atoms in total. The summed E-state index contributed by atoms with van der Waals surface area (Å²) in [5.41, 5.74) is 0.771. The highest BCUT2D eigenvalue weighted by Gasteiger charge is 2.20. The van der Waals surface area contributed by atoms with Crippen molar-refractivity contribution in [2.75, 3.05) is 26.0 Å². The van der Waals surface area contributed by atoms with Crippen LogP contribution in [0.3, 0.4) is 0 Å². The van der Waals surface area contributed by atoms with Crippen molar-refractivity contribution in [2.45, 2.75) is 31.1 Å². The van der Waals surface area contributed by atoms with Crippen molar-refractivity contribution in [2.24, 2.45) is 0 Å². The van der Waals surface area contributed by atoms with Gasteiger partial charge in [-0.25, -0.2) is 13.2 Å². The molecule has 0 spiro atoms. The van der Waals surface area contributed by atoms with Crippen LogP contribution in [0.25, 0.3) is 0 Å². The van der Waals surface area contributed by atoms with E-state index in [0.717, 1.165) is 25.5 Å². The Kier molecular flexibility index (Phi) is 5.41. The van der Waals surface area contributed by atoms with Gasteiger partial charge in [0.25, 0.3) is 5.91 Å². The lowest BCUT2D eigenvalue weighted by molar-refractivity contribution is -0.135. The summed E-state index contributed by atoms with van der Waals surface area (Å²) in [7, 11) is -3.41. The van der Waals surface area contributed by atoms with E-state index < -0.39 is 15.8 Å². The molecule has 0 bridgehead atoms. The summed E-state index contributed by atoms with van der Waals surface area (Å²) in [5, 5.41) is 0. The lowest BCUT2D eigenvalue weighted by Crippen LogP contribution is -2.38. The predicted molar refractivity (Wildman–Crippen MR) is 85.0 cm³/mol. The molecular formula is C16H21NO5S. The lowest BCUT2D eigenvalue weighted by atomic mass is 10.1. The van der Waals surface area contributed by atoms with Gasteiger partial charge in [-0.05, 0) is 43.9 Å². The Balaban J connectivity index is 2.04. The first kappa shape index (κ1) is 17.5. The van der Waals surface area contributed by atoms with E-state index in [1.54, 1.807) is 17.9 Å².